The Bertz CT molecular complexity index is 2900. The molecule has 0 fully saturated rings. The minimum Gasteiger partial charge on any atom is -0.366 e. The molecule has 0 aliphatic carbocycles. The van der Waals surface area contributed by atoms with Crippen molar-refractivity contribution >= 4 is 17.8 Å². The first-order valence-electron chi connectivity index (χ1n) is 12.7. The first-order chi connectivity index (χ1) is 25.1. The summed E-state index contributed by atoms with van der Waals surface area (Å²) < 4.78 is 4.66. The molecule has 0 aromatic carbocycles. The number of rotatable bonds is 2. The molecule has 2 amide bonds. The summed E-state index contributed by atoms with van der Waals surface area (Å²) in [5.74, 6) is 79.9. The lowest BCUT2D eigenvalue weighted by atomic mass is 10.4. The first-order valence-corrected chi connectivity index (χ1v) is 12.7. The summed E-state index contributed by atoms with van der Waals surface area (Å²) in [6.45, 7) is 3.25. The van der Waals surface area contributed by atoms with Gasteiger partial charge in [-0.2, -0.15) is 0 Å². The number of ether oxygens (including phenoxy) is 1. The second kappa shape index (κ2) is 28.3. The third kappa shape index (κ3) is 21.0. The molecule has 0 bridgehead atoms. The van der Waals surface area contributed by atoms with E-state index in [1.807, 2.05) is 6.11 Å². The highest BCUT2D eigenvalue weighted by Crippen LogP contribution is 2.12. The van der Waals surface area contributed by atoms with Crippen molar-refractivity contribution in [3.8, 4) is 214 Å². The molecule has 1 heterocycles. The monoisotopic (exact) mass is 635 g/mol. The number of hydrogen-bond acceptors (Lipinski definition) is 4. The molecule has 0 aromatic heterocycles. The van der Waals surface area contributed by atoms with E-state index < -0.39 is 23.5 Å². The van der Waals surface area contributed by atoms with E-state index in [1.54, 1.807) is 0 Å². The number of amides is 2. The number of hydrogen-bond donors (Lipinski definition) is 0. The van der Waals surface area contributed by atoms with Gasteiger partial charge in [-0.05, 0) is 65.4 Å². The van der Waals surface area contributed by atoms with Crippen molar-refractivity contribution in [2.75, 3.05) is 0 Å². The predicted octanol–water partition coefficient (Wildman–Crippen LogP) is 0.0821. The van der Waals surface area contributed by atoms with Crippen LogP contribution in [0.1, 0.15) is 0 Å². The lowest BCUT2D eigenvalue weighted by Gasteiger charge is -2.12. The molecule has 0 spiro atoms. The van der Waals surface area contributed by atoms with E-state index in [0.29, 0.717) is 4.90 Å². The molecular formula is C46H5NO4. The van der Waals surface area contributed by atoms with Gasteiger partial charge in [0.25, 0.3) is 11.8 Å². The Kier molecular flexibility index (Phi) is 21.4. The maximum atomic E-state index is 12.2. The van der Waals surface area contributed by atoms with E-state index in [0.717, 1.165) is 12.2 Å². The second-order valence-electron chi connectivity index (χ2n) is 6.88. The van der Waals surface area contributed by atoms with Crippen molar-refractivity contribution in [2.24, 2.45) is 0 Å². The smallest absolute Gasteiger partial charge is 0.366 e. The van der Waals surface area contributed by atoms with E-state index in [-0.39, 0.29) is 0 Å². The van der Waals surface area contributed by atoms with Crippen LogP contribution >= 0.6 is 0 Å². The largest absolute Gasteiger partial charge is 0.378 e. The Balaban J connectivity index is 2.49. The summed E-state index contributed by atoms with van der Waals surface area (Å²) in [7, 11) is 0. The summed E-state index contributed by atoms with van der Waals surface area (Å²) in [6, 6.07) is 0. The predicted molar refractivity (Wildman–Crippen MR) is 188 cm³/mol. The zero-order chi connectivity index (χ0) is 36.9. The van der Waals surface area contributed by atoms with Gasteiger partial charge >= 0.3 is 5.97 Å². The molecule has 0 atom stereocenters. The number of imide groups is 1. The van der Waals surface area contributed by atoms with Crippen LogP contribution in [0.3, 0.4) is 0 Å². The van der Waals surface area contributed by atoms with Gasteiger partial charge in [-0.3, -0.25) is 9.59 Å². The van der Waals surface area contributed by atoms with Crippen molar-refractivity contribution < 1.29 is 19.1 Å². The van der Waals surface area contributed by atoms with Gasteiger partial charge in [-0.25, -0.2) is 9.69 Å². The molecule has 0 saturated carbocycles. The minimum absolute atomic E-state index is 0.536. The highest BCUT2D eigenvalue weighted by atomic mass is 16.5. The van der Waals surface area contributed by atoms with Gasteiger partial charge in [0, 0.05) is 166 Å². The molecule has 0 radical (unpaired) electrons. The lowest BCUT2D eigenvalue weighted by Crippen LogP contribution is -2.33. The first kappa shape index (κ1) is 38.5. The molecule has 5 heteroatoms. The van der Waals surface area contributed by atoms with Gasteiger partial charge < -0.3 is 4.74 Å². The van der Waals surface area contributed by atoms with Crippen molar-refractivity contribution in [3.63, 3.8) is 0 Å². The molecule has 51 heavy (non-hydrogen) atoms. The summed E-state index contributed by atoms with van der Waals surface area (Å²) in [6.07, 6.45) is 8.90. The molecule has 218 valence electrons. The molecule has 5 nitrogen and oxygen atoms in total. The van der Waals surface area contributed by atoms with E-state index in [9.17, 15) is 14.4 Å². The number of nitrogens with zero attached hydrogens (tertiary/aromatic N) is 1. The SMILES string of the molecule is C#CC#CC#CC#CC#CC#CC#CC#CC#CC#CC#CC#CC#CC#CC#CC#CC#CC#COC(=O)C(=C=C=C=C)N1C(=O)C=CC1=O. The standard InChI is InChI=1S/C46H5NO4/c1-3-5-7-8-9-10-11-12-13-14-15-16-17-18-19-20-21-22-23-24-25-26-27-28-29-30-31-32-33-34-35-36-37-38-42-51-46(50)43(39-6-4-2)47-44(48)40-41-45(47)49/h1,40-41H,2H2. The van der Waals surface area contributed by atoms with E-state index in [1.165, 1.54) is 0 Å². The molecule has 0 unspecified atom stereocenters. The summed E-state index contributed by atoms with van der Waals surface area (Å²) in [5, 5.41) is 0. The van der Waals surface area contributed by atoms with Crippen molar-refractivity contribution in [2.45, 2.75) is 0 Å². The van der Waals surface area contributed by atoms with Crippen molar-refractivity contribution in [1.82, 2.24) is 4.90 Å². The highest BCUT2D eigenvalue weighted by Gasteiger charge is 2.32. The molecule has 0 aromatic rings. The van der Waals surface area contributed by atoms with Gasteiger partial charge in [0.2, 0.25) is 0 Å². The number of esters is 1. The third-order valence-corrected chi connectivity index (χ3v) is 3.76. The Morgan fingerprint density at radius 3 is 1.04 bits per heavy atom. The molecule has 1 aliphatic rings. The maximum absolute atomic E-state index is 12.2. The Labute approximate surface area is 296 Å². The lowest BCUT2D eigenvalue weighted by molar-refractivity contribution is -0.142. The fourth-order valence-corrected chi connectivity index (χ4v) is 2.07. The quantitative estimate of drug-likeness (QED) is 0.142. The second-order valence-corrected chi connectivity index (χ2v) is 6.88. The molecule has 1 rings (SSSR count). The zero-order valence-electron chi connectivity index (χ0n) is 25.5. The fourth-order valence-electron chi connectivity index (χ4n) is 2.07. The van der Waals surface area contributed by atoms with Crippen LogP contribution < -0.4 is 0 Å². The summed E-state index contributed by atoms with van der Waals surface area (Å²) in [4.78, 5) is 36.3. The number of carbonyl (C=O) groups is 3. The van der Waals surface area contributed by atoms with Gasteiger partial charge in [0.05, 0.1) is 0 Å². The zero-order valence-corrected chi connectivity index (χ0v) is 25.5. The molecule has 1 aliphatic heterocycles. The normalized spacial score (nSPS) is 6.76. The third-order valence-electron chi connectivity index (χ3n) is 3.76. The minimum atomic E-state index is -1.14. The Hall–Kier alpha value is -10.5. The highest BCUT2D eigenvalue weighted by molar-refractivity contribution is 6.17. The van der Waals surface area contributed by atoms with E-state index in [2.05, 4.69) is 230 Å². The fraction of sp³-hybridized carbons (Fsp3) is 0. The van der Waals surface area contributed by atoms with Crippen LogP contribution in [0.4, 0.5) is 0 Å². The van der Waals surface area contributed by atoms with Crippen LogP contribution in [-0.2, 0) is 19.1 Å². The topological polar surface area (TPSA) is 63.7 Å². The molecule has 0 N–H and O–H groups in total. The van der Waals surface area contributed by atoms with Crippen molar-refractivity contribution in [1.29, 1.82) is 0 Å². The average Bonchev–Trinajstić information content (AvgIpc) is 3.46. The van der Waals surface area contributed by atoms with Crippen LogP contribution in [0.15, 0.2) is 41.6 Å². The Morgan fingerprint density at radius 1 is 0.490 bits per heavy atom. The van der Waals surface area contributed by atoms with Gasteiger partial charge in [0.1, 0.15) is 6.11 Å². The van der Waals surface area contributed by atoms with Crippen LogP contribution in [0.5, 0.6) is 0 Å². The van der Waals surface area contributed by atoms with Gasteiger partial charge in [0.15, 0.2) is 5.70 Å². The van der Waals surface area contributed by atoms with E-state index in [4.69, 9.17) is 6.42 Å². The maximum Gasteiger partial charge on any atom is 0.378 e. The molecular weight excluding hydrogens is 631 g/mol. The Morgan fingerprint density at radius 2 is 0.765 bits per heavy atom. The molecule has 0 saturated heterocycles. The van der Waals surface area contributed by atoms with E-state index >= 15 is 0 Å². The van der Waals surface area contributed by atoms with Crippen LogP contribution in [0.2, 0.25) is 0 Å². The van der Waals surface area contributed by atoms with Gasteiger partial charge in [-0.1, -0.05) is 5.73 Å². The van der Waals surface area contributed by atoms with Gasteiger partial charge in [-0.15, -0.1) is 6.42 Å². The number of terminal acetylenes is 1. The average molecular weight is 636 g/mol. The number of carbonyl (C=O) groups excluding carboxylic acids is 3. The summed E-state index contributed by atoms with van der Waals surface area (Å²) >= 11 is 0. The van der Waals surface area contributed by atoms with Crippen molar-refractivity contribution in [3.05, 3.63) is 41.6 Å². The van der Waals surface area contributed by atoms with Crippen LogP contribution in [-0.4, -0.2) is 22.7 Å². The summed E-state index contributed by atoms with van der Waals surface area (Å²) in [5.41, 5.74) is 6.17. The van der Waals surface area contributed by atoms with Crippen LogP contribution in [0.25, 0.3) is 0 Å². The van der Waals surface area contributed by atoms with Crippen LogP contribution in [0, 0.1) is 214 Å².